The lowest BCUT2D eigenvalue weighted by Crippen LogP contribution is -2.15. The van der Waals surface area contributed by atoms with Crippen LogP contribution in [0.15, 0.2) is 25.0 Å². The molecule has 0 aromatic carbocycles. The Balaban J connectivity index is 2.56. The van der Waals surface area contributed by atoms with Crippen molar-refractivity contribution in [3.63, 3.8) is 0 Å². The largest absolute Gasteiger partial charge is 0.375 e. The van der Waals surface area contributed by atoms with Gasteiger partial charge in [0.25, 0.3) is 0 Å². The Kier molecular flexibility index (Phi) is 3.05. The van der Waals surface area contributed by atoms with Crippen molar-refractivity contribution in [3.05, 3.63) is 30.6 Å². The molecule has 12 heavy (non-hydrogen) atoms. The standard InChI is InChI=1S/C9H14N2O/c1-4-9(12-3)7-11-6-8(2)5-10-11/h4-6,9H,1,7H2,2-3H3/t9-/m0/s1. The molecule has 0 aliphatic carbocycles. The Bertz CT molecular complexity index is 255. The summed E-state index contributed by atoms with van der Waals surface area (Å²) in [5.41, 5.74) is 1.16. The molecule has 1 rings (SSSR count). The van der Waals surface area contributed by atoms with Gasteiger partial charge >= 0.3 is 0 Å². The second kappa shape index (κ2) is 4.07. The zero-order valence-corrected chi connectivity index (χ0v) is 7.53. The van der Waals surface area contributed by atoms with E-state index in [4.69, 9.17) is 4.74 Å². The van der Waals surface area contributed by atoms with Gasteiger partial charge in [0.05, 0.1) is 18.8 Å². The van der Waals surface area contributed by atoms with Gasteiger partial charge in [-0.2, -0.15) is 5.10 Å². The SMILES string of the molecule is C=C[C@@H](Cn1cc(C)cn1)OC. The minimum absolute atomic E-state index is 0.0456. The first-order chi connectivity index (χ1) is 5.76. The molecule has 3 nitrogen and oxygen atoms in total. The first-order valence-electron chi connectivity index (χ1n) is 3.90. The molecule has 0 aliphatic heterocycles. The zero-order valence-electron chi connectivity index (χ0n) is 7.53. The average Bonchev–Trinajstić information content (AvgIpc) is 2.47. The fourth-order valence-corrected chi connectivity index (χ4v) is 0.996. The number of aryl methyl sites for hydroxylation is 1. The van der Waals surface area contributed by atoms with Crippen molar-refractivity contribution >= 4 is 0 Å². The Hall–Kier alpha value is -1.09. The van der Waals surface area contributed by atoms with Crippen LogP contribution >= 0.6 is 0 Å². The summed E-state index contributed by atoms with van der Waals surface area (Å²) >= 11 is 0. The molecule has 66 valence electrons. The van der Waals surface area contributed by atoms with Crippen LogP contribution in [0, 0.1) is 6.92 Å². The van der Waals surface area contributed by atoms with E-state index < -0.39 is 0 Å². The predicted octanol–water partition coefficient (Wildman–Crippen LogP) is 1.39. The number of ether oxygens (including phenoxy) is 1. The van der Waals surface area contributed by atoms with Crippen molar-refractivity contribution in [2.45, 2.75) is 19.6 Å². The third-order valence-electron chi connectivity index (χ3n) is 1.69. The molecular formula is C9H14N2O. The number of aromatic nitrogens is 2. The molecule has 1 atom stereocenters. The molecule has 0 N–H and O–H groups in total. The van der Waals surface area contributed by atoms with Crippen LogP contribution in [0.1, 0.15) is 5.56 Å². The van der Waals surface area contributed by atoms with E-state index in [0.717, 1.165) is 12.1 Å². The monoisotopic (exact) mass is 166 g/mol. The molecule has 0 bridgehead atoms. The summed E-state index contributed by atoms with van der Waals surface area (Å²) in [5, 5.41) is 4.14. The first-order valence-corrected chi connectivity index (χ1v) is 3.90. The highest BCUT2D eigenvalue weighted by molar-refractivity contribution is 4.99. The van der Waals surface area contributed by atoms with E-state index in [0.29, 0.717) is 0 Å². The quantitative estimate of drug-likeness (QED) is 0.632. The number of nitrogens with zero attached hydrogens (tertiary/aromatic N) is 2. The molecule has 0 spiro atoms. The lowest BCUT2D eigenvalue weighted by molar-refractivity contribution is 0.122. The Morgan fingerprint density at radius 3 is 3.00 bits per heavy atom. The van der Waals surface area contributed by atoms with Gasteiger partial charge in [0.1, 0.15) is 0 Å². The number of hydrogen-bond acceptors (Lipinski definition) is 2. The third-order valence-corrected chi connectivity index (χ3v) is 1.69. The van der Waals surface area contributed by atoms with Crippen molar-refractivity contribution in [3.8, 4) is 0 Å². The molecule has 1 aromatic rings. The Morgan fingerprint density at radius 1 is 1.83 bits per heavy atom. The molecule has 0 fully saturated rings. The van der Waals surface area contributed by atoms with Crippen LogP contribution < -0.4 is 0 Å². The molecule has 3 heteroatoms. The van der Waals surface area contributed by atoms with Crippen molar-refractivity contribution in [2.24, 2.45) is 0 Å². The fourth-order valence-electron chi connectivity index (χ4n) is 0.996. The van der Waals surface area contributed by atoms with E-state index in [1.54, 1.807) is 13.2 Å². The van der Waals surface area contributed by atoms with Crippen LogP contribution in [0.2, 0.25) is 0 Å². The van der Waals surface area contributed by atoms with E-state index in [-0.39, 0.29) is 6.10 Å². The van der Waals surface area contributed by atoms with Crippen molar-refractivity contribution in [1.82, 2.24) is 9.78 Å². The van der Waals surface area contributed by atoms with Gasteiger partial charge in [-0.25, -0.2) is 0 Å². The van der Waals surface area contributed by atoms with E-state index in [1.165, 1.54) is 0 Å². The Morgan fingerprint density at radius 2 is 2.58 bits per heavy atom. The topological polar surface area (TPSA) is 27.1 Å². The van der Waals surface area contributed by atoms with E-state index >= 15 is 0 Å². The summed E-state index contributed by atoms with van der Waals surface area (Å²) in [6.45, 7) is 6.41. The zero-order chi connectivity index (χ0) is 8.97. The maximum atomic E-state index is 5.13. The minimum atomic E-state index is 0.0456. The molecule has 0 unspecified atom stereocenters. The molecule has 1 heterocycles. The summed E-state index contributed by atoms with van der Waals surface area (Å²) in [5.74, 6) is 0. The lowest BCUT2D eigenvalue weighted by atomic mass is 10.3. The van der Waals surface area contributed by atoms with E-state index in [9.17, 15) is 0 Å². The molecular weight excluding hydrogens is 152 g/mol. The smallest absolute Gasteiger partial charge is 0.0945 e. The molecule has 0 saturated heterocycles. The number of hydrogen-bond donors (Lipinski definition) is 0. The molecule has 0 aliphatic rings. The lowest BCUT2D eigenvalue weighted by Gasteiger charge is -2.09. The average molecular weight is 166 g/mol. The van der Waals surface area contributed by atoms with Gasteiger partial charge in [0.15, 0.2) is 0 Å². The van der Waals surface area contributed by atoms with Gasteiger partial charge < -0.3 is 4.74 Å². The van der Waals surface area contributed by atoms with Gasteiger partial charge in [0, 0.05) is 13.3 Å². The number of rotatable bonds is 4. The fraction of sp³-hybridized carbons (Fsp3) is 0.444. The van der Waals surface area contributed by atoms with Crippen LogP contribution in [0.5, 0.6) is 0 Å². The third kappa shape index (κ3) is 2.20. The molecule has 1 aromatic heterocycles. The van der Waals surface area contributed by atoms with Crippen LogP contribution in [-0.2, 0) is 11.3 Å². The summed E-state index contributed by atoms with van der Waals surface area (Å²) in [4.78, 5) is 0. The highest BCUT2D eigenvalue weighted by atomic mass is 16.5. The van der Waals surface area contributed by atoms with Gasteiger partial charge in [-0.1, -0.05) is 6.08 Å². The van der Waals surface area contributed by atoms with Gasteiger partial charge in [0.2, 0.25) is 0 Å². The molecule has 0 amide bonds. The van der Waals surface area contributed by atoms with Crippen LogP contribution in [0.4, 0.5) is 0 Å². The van der Waals surface area contributed by atoms with Crippen molar-refractivity contribution in [1.29, 1.82) is 0 Å². The van der Waals surface area contributed by atoms with Crippen LogP contribution in [-0.4, -0.2) is 23.0 Å². The summed E-state index contributed by atoms with van der Waals surface area (Å²) in [7, 11) is 1.67. The van der Waals surface area contributed by atoms with E-state index in [2.05, 4.69) is 11.7 Å². The van der Waals surface area contributed by atoms with Gasteiger partial charge in [-0.15, -0.1) is 6.58 Å². The van der Waals surface area contributed by atoms with E-state index in [1.807, 2.05) is 24.0 Å². The normalized spacial score (nSPS) is 12.8. The maximum absolute atomic E-state index is 5.13. The minimum Gasteiger partial charge on any atom is -0.375 e. The molecule has 0 saturated carbocycles. The van der Waals surface area contributed by atoms with Crippen LogP contribution in [0.25, 0.3) is 0 Å². The van der Waals surface area contributed by atoms with Crippen molar-refractivity contribution < 1.29 is 4.74 Å². The Labute approximate surface area is 72.7 Å². The highest BCUT2D eigenvalue weighted by Crippen LogP contribution is 1.99. The summed E-state index contributed by atoms with van der Waals surface area (Å²) in [6.07, 6.45) is 5.63. The van der Waals surface area contributed by atoms with Gasteiger partial charge in [-0.3, -0.25) is 4.68 Å². The molecule has 0 radical (unpaired) electrons. The number of methoxy groups -OCH3 is 1. The predicted molar refractivity (Wildman–Crippen MR) is 48.0 cm³/mol. The second-order valence-electron chi connectivity index (χ2n) is 2.75. The van der Waals surface area contributed by atoms with Gasteiger partial charge in [-0.05, 0) is 12.5 Å². The maximum Gasteiger partial charge on any atom is 0.0945 e. The highest BCUT2D eigenvalue weighted by Gasteiger charge is 2.02. The summed E-state index contributed by atoms with van der Waals surface area (Å²) in [6, 6.07) is 0. The first kappa shape index (κ1) is 9.00. The van der Waals surface area contributed by atoms with Crippen LogP contribution in [0.3, 0.4) is 0 Å². The van der Waals surface area contributed by atoms with Crippen molar-refractivity contribution in [2.75, 3.05) is 7.11 Å². The second-order valence-corrected chi connectivity index (χ2v) is 2.75. The summed E-state index contributed by atoms with van der Waals surface area (Å²) < 4.78 is 6.99.